The summed E-state index contributed by atoms with van der Waals surface area (Å²) in [4.78, 5) is 15.9. The van der Waals surface area contributed by atoms with Gasteiger partial charge < -0.3 is 4.90 Å². The highest BCUT2D eigenvalue weighted by Gasteiger charge is 2.35. The van der Waals surface area contributed by atoms with E-state index in [9.17, 15) is 13.2 Å². The fraction of sp³-hybridized carbons (Fsp3) is 0.381. The third-order valence-electron chi connectivity index (χ3n) is 5.31. The maximum Gasteiger partial charge on any atom is 0.237 e. The third kappa shape index (κ3) is 4.22. The van der Waals surface area contributed by atoms with Crippen molar-refractivity contribution in [3.05, 3.63) is 59.7 Å². The molecule has 1 atom stereocenters. The van der Waals surface area contributed by atoms with E-state index in [1.807, 2.05) is 30.3 Å². The topological polar surface area (TPSA) is 54.5 Å². The van der Waals surface area contributed by atoms with Crippen molar-refractivity contribution >= 4 is 33.2 Å². The van der Waals surface area contributed by atoms with Crippen LogP contribution in [0.5, 0.6) is 0 Å². The number of aryl methyl sites for hydroxylation is 2. The molecule has 1 fully saturated rings. The van der Waals surface area contributed by atoms with Crippen LogP contribution in [0.15, 0.2) is 53.4 Å². The van der Waals surface area contributed by atoms with Crippen LogP contribution in [0, 0.1) is 0 Å². The van der Waals surface area contributed by atoms with E-state index in [-0.39, 0.29) is 23.5 Å². The van der Waals surface area contributed by atoms with E-state index in [1.54, 1.807) is 4.90 Å². The molecule has 1 amide bonds. The SMILES string of the molecule is O=C(CSc1ccc2c(c1)CCC2)N(c1ccccc1)C1CCS(=O)(=O)C1. The lowest BCUT2D eigenvalue weighted by molar-refractivity contribution is -0.116. The summed E-state index contributed by atoms with van der Waals surface area (Å²) < 4.78 is 23.9. The zero-order valence-electron chi connectivity index (χ0n) is 15.1. The molecule has 0 radical (unpaired) electrons. The second-order valence-corrected chi connectivity index (χ2v) is 10.5. The molecule has 0 spiro atoms. The molecule has 1 saturated heterocycles. The van der Waals surface area contributed by atoms with E-state index in [0.717, 1.165) is 23.4 Å². The maximum absolute atomic E-state index is 13.1. The summed E-state index contributed by atoms with van der Waals surface area (Å²) >= 11 is 1.54. The van der Waals surface area contributed by atoms with Gasteiger partial charge in [0, 0.05) is 10.6 Å². The number of carbonyl (C=O) groups is 1. The average Bonchev–Trinajstić information content (AvgIpc) is 3.26. The molecule has 2 aromatic rings. The first-order chi connectivity index (χ1) is 13.0. The number of para-hydroxylation sites is 1. The molecule has 1 unspecified atom stereocenters. The summed E-state index contributed by atoms with van der Waals surface area (Å²) in [6.45, 7) is 0. The van der Waals surface area contributed by atoms with Gasteiger partial charge in [0.05, 0.1) is 23.3 Å². The number of benzene rings is 2. The quantitative estimate of drug-likeness (QED) is 0.720. The first kappa shape index (κ1) is 18.6. The highest BCUT2D eigenvalue weighted by Crippen LogP contribution is 2.29. The van der Waals surface area contributed by atoms with Crippen LogP contribution in [0.25, 0.3) is 0 Å². The Labute approximate surface area is 164 Å². The van der Waals surface area contributed by atoms with Crippen molar-refractivity contribution < 1.29 is 13.2 Å². The Morgan fingerprint density at radius 2 is 1.85 bits per heavy atom. The van der Waals surface area contributed by atoms with E-state index in [4.69, 9.17) is 0 Å². The van der Waals surface area contributed by atoms with Gasteiger partial charge in [0.15, 0.2) is 9.84 Å². The van der Waals surface area contributed by atoms with Crippen LogP contribution in [0.4, 0.5) is 5.69 Å². The van der Waals surface area contributed by atoms with Crippen molar-refractivity contribution in [3.63, 3.8) is 0 Å². The molecule has 4 rings (SSSR count). The number of hydrogen-bond donors (Lipinski definition) is 0. The molecule has 0 N–H and O–H groups in total. The van der Waals surface area contributed by atoms with E-state index in [0.29, 0.717) is 12.2 Å². The van der Waals surface area contributed by atoms with Gasteiger partial charge in [0.25, 0.3) is 0 Å². The Kier molecular flexibility index (Phi) is 5.28. The Morgan fingerprint density at radius 1 is 1.07 bits per heavy atom. The minimum Gasteiger partial charge on any atom is -0.308 e. The van der Waals surface area contributed by atoms with Crippen molar-refractivity contribution in [1.82, 2.24) is 0 Å². The number of fused-ring (bicyclic) bond motifs is 1. The number of sulfone groups is 1. The molecule has 142 valence electrons. The van der Waals surface area contributed by atoms with Gasteiger partial charge >= 0.3 is 0 Å². The van der Waals surface area contributed by atoms with Gasteiger partial charge in [-0.1, -0.05) is 24.3 Å². The molecule has 2 aliphatic rings. The van der Waals surface area contributed by atoms with Crippen molar-refractivity contribution in [3.8, 4) is 0 Å². The molecule has 27 heavy (non-hydrogen) atoms. The van der Waals surface area contributed by atoms with Gasteiger partial charge in [-0.3, -0.25) is 4.79 Å². The fourth-order valence-electron chi connectivity index (χ4n) is 3.98. The van der Waals surface area contributed by atoms with Crippen molar-refractivity contribution in [2.24, 2.45) is 0 Å². The number of nitrogens with zero attached hydrogens (tertiary/aromatic N) is 1. The van der Waals surface area contributed by atoms with Crippen LogP contribution >= 0.6 is 11.8 Å². The molecule has 0 bridgehead atoms. The smallest absolute Gasteiger partial charge is 0.237 e. The molecule has 1 aliphatic carbocycles. The summed E-state index contributed by atoms with van der Waals surface area (Å²) in [7, 11) is -3.06. The number of thioether (sulfide) groups is 1. The monoisotopic (exact) mass is 401 g/mol. The van der Waals surface area contributed by atoms with Crippen LogP contribution in [-0.2, 0) is 27.5 Å². The van der Waals surface area contributed by atoms with Gasteiger partial charge in [0.1, 0.15) is 0 Å². The van der Waals surface area contributed by atoms with Crippen molar-refractivity contribution in [2.75, 3.05) is 22.2 Å². The highest BCUT2D eigenvalue weighted by atomic mass is 32.2. The van der Waals surface area contributed by atoms with Gasteiger partial charge in [-0.2, -0.15) is 0 Å². The fourth-order valence-corrected chi connectivity index (χ4v) is 6.50. The number of rotatable bonds is 5. The largest absolute Gasteiger partial charge is 0.308 e. The Balaban J connectivity index is 1.50. The van der Waals surface area contributed by atoms with Crippen molar-refractivity contribution in [1.29, 1.82) is 0 Å². The van der Waals surface area contributed by atoms with Crippen molar-refractivity contribution in [2.45, 2.75) is 36.6 Å². The van der Waals surface area contributed by atoms with Gasteiger partial charge in [-0.05, 0) is 61.1 Å². The van der Waals surface area contributed by atoms with E-state index in [2.05, 4.69) is 18.2 Å². The zero-order chi connectivity index (χ0) is 18.9. The van der Waals surface area contributed by atoms with E-state index in [1.165, 1.54) is 29.3 Å². The number of carbonyl (C=O) groups excluding carboxylic acids is 1. The molecule has 4 nitrogen and oxygen atoms in total. The van der Waals surface area contributed by atoms with Crippen LogP contribution in [-0.4, -0.2) is 37.6 Å². The third-order valence-corrected chi connectivity index (χ3v) is 8.04. The number of anilines is 1. The summed E-state index contributed by atoms with van der Waals surface area (Å²) in [5, 5.41) is 0. The summed E-state index contributed by atoms with van der Waals surface area (Å²) in [5.41, 5.74) is 3.60. The second-order valence-electron chi connectivity index (χ2n) is 7.23. The highest BCUT2D eigenvalue weighted by molar-refractivity contribution is 8.00. The molecular formula is C21H23NO3S2. The zero-order valence-corrected chi connectivity index (χ0v) is 16.8. The van der Waals surface area contributed by atoms with Crippen LogP contribution in [0.2, 0.25) is 0 Å². The van der Waals surface area contributed by atoms with E-state index >= 15 is 0 Å². The lowest BCUT2D eigenvalue weighted by atomic mass is 10.1. The average molecular weight is 402 g/mol. The minimum absolute atomic E-state index is 0.0335. The summed E-state index contributed by atoms with van der Waals surface area (Å²) in [6, 6.07) is 15.6. The lowest BCUT2D eigenvalue weighted by Gasteiger charge is -2.28. The maximum atomic E-state index is 13.1. The number of hydrogen-bond acceptors (Lipinski definition) is 4. The normalized spacial score (nSPS) is 20.4. The summed E-state index contributed by atoms with van der Waals surface area (Å²) in [6.07, 6.45) is 3.98. The molecule has 2 aromatic carbocycles. The van der Waals surface area contributed by atoms with Crippen LogP contribution < -0.4 is 4.90 Å². The van der Waals surface area contributed by atoms with Crippen LogP contribution in [0.1, 0.15) is 24.0 Å². The Bertz CT molecular complexity index is 941. The molecule has 6 heteroatoms. The predicted molar refractivity (Wildman–Crippen MR) is 110 cm³/mol. The number of amides is 1. The Morgan fingerprint density at radius 3 is 2.59 bits per heavy atom. The Hall–Kier alpha value is -1.79. The molecule has 1 aliphatic heterocycles. The first-order valence-corrected chi connectivity index (χ1v) is 12.1. The molecule has 0 saturated carbocycles. The first-order valence-electron chi connectivity index (χ1n) is 9.34. The molecule has 1 heterocycles. The summed E-state index contributed by atoms with van der Waals surface area (Å²) in [5.74, 6) is 0.488. The predicted octanol–water partition coefficient (Wildman–Crippen LogP) is 3.49. The lowest BCUT2D eigenvalue weighted by Crippen LogP contribution is -2.42. The second kappa shape index (κ2) is 7.68. The van der Waals surface area contributed by atoms with Crippen LogP contribution in [0.3, 0.4) is 0 Å². The van der Waals surface area contributed by atoms with E-state index < -0.39 is 9.84 Å². The molecular weight excluding hydrogens is 378 g/mol. The van der Waals surface area contributed by atoms with Gasteiger partial charge in [0.2, 0.25) is 5.91 Å². The minimum atomic E-state index is -3.06. The standard InChI is InChI=1S/C21H23NO3S2/c23-21(14-26-20-10-9-16-5-4-6-17(16)13-20)22(18-7-2-1-3-8-18)19-11-12-27(24,25)15-19/h1-3,7-10,13,19H,4-6,11-12,14-15H2. The van der Waals surface area contributed by atoms with Gasteiger partial charge in [-0.15, -0.1) is 11.8 Å². The molecule has 0 aromatic heterocycles. The van der Waals surface area contributed by atoms with Gasteiger partial charge in [-0.25, -0.2) is 8.42 Å².